The average Bonchev–Trinajstić information content (AvgIpc) is 2.34. The Labute approximate surface area is 64.3 Å². The second-order valence-corrected chi connectivity index (χ2v) is 2.30. The molecule has 1 rings (SSSR count). The molecule has 1 heterocycles. The molecule has 1 aromatic rings. The molecule has 0 aliphatic rings. The van der Waals surface area contributed by atoms with Crippen LogP contribution in [0.1, 0.15) is 11.8 Å². The summed E-state index contributed by atoms with van der Waals surface area (Å²) in [7, 11) is 0. The molecule has 0 radical (unpaired) electrons. The second-order valence-electron chi connectivity index (χ2n) is 1.89. The molecular formula is C7H8ClNO. The van der Waals surface area contributed by atoms with E-state index in [1.807, 2.05) is 0 Å². The van der Waals surface area contributed by atoms with Crippen LogP contribution in [0.4, 0.5) is 0 Å². The second kappa shape index (κ2) is 2.90. The van der Waals surface area contributed by atoms with Gasteiger partial charge >= 0.3 is 0 Å². The van der Waals surface area contributed by atoms with Gasteiger partial charge in [0.25, 0.3) is 0 Å². The van der Waals surface area contributed by atoms with E-state index in [1.165, 1.54) is 6.26 Å². The number of furan rings is 1. The van der Waals surface area contributed by atoms with Crippen LogP contribution < -0.4 is 5.73 Å². The van der Waals surface area contributed by atoms with Gasteiger partial charge in [-0.15, -0.1) is 6.58 Å². The van der Waals surface area contributed by atoms with Crippen LogP contribution in [-0.4, -0.2) is 0 Å². The van der Waals surface area contributed by atoms with Gasteiger partial charge < -0.3 is 10.2 Å². The number of hydrogen-bond donors (Lipinski definition) is 1. The van der Waals surface area contributed by atoms with Crippen molar-refractivity contribution >= 4 is 11.6 Å². The molecule has 0 spiro atoms. The molecule has 0 saturated carbocycles. The van der Waals surface area contributed by atoms with Crippen LogP contribution >= 0.6 is 11.6 Å². The number of rotatable bonds is 2. The van der Waals surface area contributed by atoms with Crippen LogP contribution in [0.2, 0.25) is 5.02 Å². The highest BCUT2D eigenvalue weighted by Crippen LogP contribution is 2.22. The third-order valence-corrected chi connectivity index (χ3v) is 1.51. The van der Waals surface area contributed by atoms with Crippen LogP contribution in [-0.2, 0) is 0 Å². The molecule has 10 heavy (non-hydrogen) atoms. The molecule has 2 nitrogen and oxygen atoms in total. The van der Waals surface area contributed by atoms with E-state index in [2.05, 4.69) is 6.58 Å². The van der Waals surface area contributed by atoms with Crippen molar-refractivity contribution in [3.8, 4) is 0 Å². The highest BCUT2D eigenvalue weighted by molar-refractivity contribution is 6.31. The molecule has 1 aromatic heterocycles. The van der Waals surface area contributed by atoms with Gasteiger partial charge in [0.15, 0.2) is 0 Å². The third-order valence-electron chi connectivity index (χ3n) is 1.20. The molecule has 54 valence electrons. The normalized spacial score (nSPS) is 13.0. The molecule has 0 amide bonds. The van der Waals surface area contributed by atoms with Crippen molar-refractivity contribution in [2.24, 2.45) is 5.73 Å². The van der Waals surface area contributed by atoms with E-state index in [1.54, 1.807) is 12.1 Å². The van der Waals surface area contributed by atoms with Crippen molar-refractivity contribution in [2.45, 2.75) is 6.04 Å². The summed E-state index contributed by atoms with van der Waals surface area (Å²) >= 11 is 5.69. The Hall–Kier alpha value is -0.730. The minimum Gasteiger partial charge on any atom is -0.466 e. The summed E-state index contributed by atoms with van der Waals surface area (Å²) in [5.74, 6) is 0.566. The Morgan fingerprint density at radius 1 is 1.80 bits per heavy atom. The first-order chi connectivity index (χ1) is 4.75. The highest BCUT2D eigenvalue weighted by Gasteiger charge is 2.08. The predicted molar refractivity (Wildman–Crippen MR) is 40.8 cm³/mol. The monoisotopic (exact) mass is 157 g/mol. The first-order valence-corrected chi connectivity index (χ1v) is 3.24. The maximum Gasteiger partial charge on any atom is 0.142 e. The van der Waals surface area contributed by atoms with Crippen LogP contribution in [0, 0.1) is 0 Å². The Morgan fingerprint density at radius 2 is 2.50 bits per heavy atom. The van der Waals surface area contributed by atoms with E-state index < -0.39 is 0 Å². The third kappa shape index (κ3) is 1.23. The lowest BCUT2D eigenvalue weighted by Gasteiger charge is -2.00. The zero-order chi connectivity index (χ0) is 7.56. The van der Waals surface area contributed by atoms with Gasteiger partial charge in [0.1, 0.15) is 5.76 Å². The molecule has 3 heteroatoms. The lowest BCUT2D eigenvalue weighted by molar-refractivity contribution is 0.494. The molecule has 0 aliphatic carbocycles. The van der Waals surface area contributed by atoms with Gasteiger partial charge in [-0.25, -0.2) is 0 Å². The van der Waals surface area contributed by atoms with E-state index in [0.717, 1.165) is 0 Å². The standard InChI is InChI=1S/C7H8ClNO/c1-2-6(9)7-5(8)3-4-10-7/h2-4,6H,1,9H2/t6-/m0/s1. The minimum atomic E-state index is -0.303. The Balaban J connectivity index is 2.92. The summed E-state index contributed by atoms with van der Waals surface area (Å²) in [6, 6.07) is 1.35. The lowest BCUT2D eigenvalue weighted by Crippen LogP contribution is -2.05. The molecule has 0 aromatic carbocycles. The molecule has 0 fully saturated rings. The molecule has 0 aliphatic heterocycles. The van der Waals surface area contributed by atoms with Gasteiger partial charge in [0.2, 0.25) is 0 Å². The fourth-order valence-electron chi connectivity index (χ4n) is 0.650. The molecular weight excluding hydrogens is 150 g/mol. The van der Waals surface area contributed by atoms with Gasteiger partial charge in [-0.3, -0.25) is 0 Å². The van der Waals surface area contributed by atoms with Crippen LogP contribution in [0.3, 0.4) is 0 Å². The summed E-state index contributed by atoms with van der Waals surface area (Å²) in [6.07, 6.45) is 3.08. The summed E-state index contributed by atoms with van der Waals surface area (Å²) < 4.78 is 4.99. The summed E-state index contributed by atoms with van der Waals surface area (Å²) in [5.41, 5.74) is 5.54. The van der Waals surface area contributed by atoms with E-state index in [-0.39, 0.29) is 6.04 Å². The Bertz CT molecular complexity index is 231. The summed E-state index contributed by atoms with van der Waals surface area (Å²) in [6.45, 7) is 3.51. The van der Waals surface area contributed by atoms with Crippen molar-refractivity contribution in [3.63, 3.8) is 0 Å². The molecule has 2 N–H and O–H groups in total. The number of hydrogen-bond acceptors (Lipinski definition) is 2. The summed E-state index contributed by atoms with van der Waals surface area (Å²) in [5, 5.41) is 0.549. The fourth-order valence-corrected chi connectivity index (χ4v) is 0.872. The smallest absolute Gasteiger partial charge is 0.142 e. The molecule has 0 saturated heterocycles. The van der Waals surface area contributed by atoms with E-state index in [9.17, 15) is 0 Å². The molecule has 0 unspecified atom stereocenters. The van der Waals surface area contributed by atoms with E-state index in [4.69, 9.17) is 21.8 Å². The maximum atomic E-state index is 5.69. The van der Waals surface area contributed by atoms with Gasteiger partial charge in [-0.2, -0.15) is 0 Å². The average molecular weight is 158 g/mol. The zero-order valence-electron chi connectivity index (χ0n) is 5.38. The van der Waals surface area contributed by atoms with Crippen LogP contribution in [0.15, 0.2) is 29.4 Å². The van der Waals surface area contributed by atoms with Crippen LogP contribution in [0.25, 0.3) is 0 Å². The van der Waals surface area contributed by atoms with Gasteiger partial charge in [0, 0.05) is 0 Å². The highest BCUT2D eigenvalue weighted by atomic mass is 35.5. The predicted octanol–water partition coefficient (Wildman–Crippen LogP) is 2.12. The van der Waals surface area contributed by atoms with Gasteiger partial charge in [-0.1, -0.05) is 17.7 Å². The molecule has 0 bridgehead atoms. The first kappa shape index (κ1) is 7.38. The largest absolute Gasteiger partial charge is 0.466 e. The fraction of sp³-hybridized carbons (Fsp3) is 0.143. The van der Waals surface area contributed by atoms with Gasteiger partial charge in [0.05, 0.1) is 17.3 Å². The minimum absolute atomic E-state index is 0.303. The zero-order valence-corrected chi connectivity index (χ0v) is 6.14. The Morgan fingerprint density at radius 3 is 2.90 bits per heavy atom. The Kier molecular flexibility index (Phi) is 2.14. The van der Waals surface area contributed by atoms with Crippen LogP contribution in [0.5, 0.6) is 0 Å². The topological polar surface area (TPSA) is 39.2 Å². The van der Waals surface area contributed by atoms with Crippen molar-refractivity contribution in [2.75, 3.05) is 0 Å². The maximum absolute atomic E-state index is 5.69. The van der Waals surface area contributed by atoms with E-state index in [0.29, 0.717) is 10.8 Å². The molecule has 1 atom stereocenters. The first-order valence-electron chi connectivity index (χ1n) is 2.86. The number of halogens is 1. The SMILES string of the molecule is C=C[C@H](N)c1occc1Cl. The van der Waals surface area contributed by atoms with Crippen molar-refractivity contribution in [3.05, 3.63) is 35.8 Å². The van der Waals surface area contributed by atoms with Crippen molar-refractivity contribution in [1.82, 2.24) is 0 Å². The van der Waals surface area contributed by atoms with Gasteiger partial charge in [-0.05, 0) is 6.07 Å². The van der Waals surface area contributed by atoms with Crippen molar-refractivity contribution in [1.29, 1.82) is 0 Å². The lowest BCUT2D eigenvalue weighted by atomic mass is 10.2. The summed E-state index contributed by atoms with van der Waals surface area (Å²) in [4.78, 5) is 0. The quantitative estimate of drug-likeness (QED) is 0.668. The van der Waals surface area contributed by atoms with E-state index >= 15 is 0 Å². The number of nitrogens with two attached hydrogens (primary N) is 1. The van der Waals surface area contributed by atoms with Crippen molar-refractivity contribution < 1.29 is 4.42 Å².